The molecule has 0 radical (unpaired) electrons. The van der Waals surface area contributed by atoms with Crippen LogP contribution < -0.4 is 4.90 Å². The molecule has 0 aliphatic carbocycles. The smallest absolute Gasteiger partial charge is 0.196 e. The van der Waals surface area contributed by atoms with Crippen molar-refractivity contribution in [2.24, 2.45) is 0 Å². The molecule has 1 aliphatic heterocycles. The van der Waals surface area contributed by atoms with Crippen molar-refractivity contribution in [2.75, 3.05) is 11.4 Å². The van der Waals surface area contributed by atoms with Gasteiger partial charge in [-0.15, -0.1) is 0 Å². The number of piperidine rings is 1. The summed E-state index contributed by atoms with van der Waals surface area (Å²) in [6, 6.07) is 8.63. The number of benzene rings is 1. The number of anilines is 1. The summed E-state index contributed by atoms with van der Waals surface area (Å²) in [5, 5.41) is 1.07. The van der Waals surface area contributed by atoms with Crippen LogP contribution in [0.1, 0.15) is 32.6 Å². The van der Waals surface area contributed by atoms with Gasteiger partial charge in [-0.3, -0.25) is 0 Å². The van der Waals surface area contributed by atoms with Crippen molar-refractivity contribution in [3.63, 3.8) is 0 Å². The highest BCUT2D eigenvalue weighted by molar-refractivity contribution is 6.05. The largest absolute Gasteiger partial charge is 0.450 e. The summed E-state index contributed by atoms with van der Waals surface area (Å²) in [5.74, 6) is 0.961. The van der Waals surface area contributed by atoms with Crippen LogP contribution in [-0.4, -0.2) is 22.6 Å². The molecule has 0 N–H and O–H groups in total. The summed E-state index contributed by atoms with van der Waals surface area (Å²) >= 11 is 0. The van der Waals surface area contributed by atoms with Crippen molar-refractivity contribution >= 4 is 27.9 Å². The van der Waals surface area contributed by atoms with E-state index >= 15 is 0 Å². The monoisotopic (exact) mass is 281 g/mol. The van der Waals surface area contributed by atoms with Gasteiger partial charge in [0.05, 0.1) is 0 Å². The van der Waals surface area contributed by atoms with Crippen molar-refractivity contribution in [3.05, 3.63) is 30.6 Å². The normalized spacial score (nSPS) is 19.5. The van der Waals surface area contributed by atoms with Crippen molar-refractivity contribution < 1.29 is 4.42 Å². The fourth-order valence-corrected chi connectivity index (χ4v) is 3.42. The van der Waals surface area contributed by atoms with Crippen molar-refractivity contribution in [1.29, 1.82) is 0 Å². The number of para-hydroxylation sites is 1. The molecule has 0 amide bonds. The van der Waals surface area contributed by atoms with E-state index in [4.69, 9.17) is 4.42 Å². The lowest BCUT2D eigenvalue weighted by Gasteiger charge is -2.35. The van der Waals surface area contributed by atoms with E-state index in [1.807, 2.05) is 18.2 Å². The number of hydrogen-bond donors (Lipinski definition) is 0. The first-order valence-corrected chi connectivity index (χ1v) is 7.77. The van der Waals surface area contributed by atoms with Crippen molar-refractivity contribution in [2.45, 2.75) is 38.6 Å². The number of hydrogen-bond acceptors (Lipinski definition) is 4. The molecule has 3 heterocycles. The molecule has 0 saturated carbocycles. The van der Waals surface area contributed by atoms with E-state index in [1.165, 1.54) is 19.3 Å². The van der Waals surface area contributed by atoms with Gasteiger partial charge in [-0.05, 0) is 37.8 Å². The lowest BCUT2D eigenvalue weighted by Crippen LogP contribution is -2.39. The van der Waals surface area contributed by atoms with Crippen molar-refractivity contribution in [1.82, 2.24) is 9.97 Å². The predicted molar refractivity (Wildman–Crippen MR) is 84.6 cm³/mol. The highest BCUT2D eigenvalue weighted by Crippen LogP contribution is 2.34. The zero-order valence-corrected chi connectivity index (χ0v) is 12.2. The third-order valence-corrected chi connectivity index (χ3v) is 4.51. The maximum atomic E-state index is 6.06. The third kappa shape index (κ3) is 1.97. The lowest BCUT2D eigenvalue weighted by atomic mass is 10.00. The van der Waals surface area contributed by atoms with Crippen molar-refractivity contribution in [3.8, 4) is 0 Å². The van der Waals surface area contributed by atoms with E-state index in [0.29, 0.717) is 6.04 Å². The van der Waals surface area contributed by atoms with E-state index in [0.717, 1.165) is 40.9 Å². The van der Waals surface area contributed by atoms with Gasteiger partial charge in [-0.25, -0.2) is 9.97 Å². The second-order valence-electron chi connectivity index (χ2n) is 5.72. The molecule has 0 spiro atoms. The molecule has 4 nitrogen and oxygen atoms in total. The quantitative estimate of drug-likeness (QED) is 0.708. The molecule has 108 valence electrons. The van der Waals surface area contributed by atoms with E-state index in [2.05, 4.69) is 27.9 Å². The summed E-state index contributed by atoms with van der Waals surface area (Å²) in [6.07, 6.45) is 6.58. The third-order valence-electron chi connectivity index (χ3n) is 4.51. The van der Waals surface area contributed by atoms with Gasteiger partial charge in [-0.2, -0.15) is 0 Å². The van der Waals surface area contributed by atoms with Crippen LogP contribution in [0.2, 0.25) is 0 Å². The second kappa shape index (κ2) is 5.02. The van der Waals surface area contributed by atoms with Gasteiger partial charge in [-0.1, -0.05) is 19.1 Å². The lowest BCUT2D eigenvalue weighted by molar-refractivity contribution is 0.446. The maximum absolute atomic E-state index is 6.06. The summed E-state index contributed by atoms with van der Waals surface area (Å²) in [4.78, 5) is 11.4. The van der Waals surface area contributed by atoms with Gasteiger partial charge in [0.15, 0.2) is 11.4 Å². The van der Waals surface area contributed by atoms with Crippen LogP contribution in [0.25, 0.3) is 22.1 Å². The topological polar surface area (TPSA) is 42.2 Å². The van der Waals surface area contributed by atoms with E-state index < -0.39 is 0 Å². The minimum Gasteiger partial charge on any atom is -0.450 e. The molecule has 4 heteroatoms. The minimum absolute atomic E-state index is 0.560. The molecule has 0 unspecified atom stereocenters. The molecule has 2 aromatic heterocycles. The molecule has 1 atom stereocenters. The van der Waals surface area contributed by atoms with Gasteiger partial charge in [0, 0.05) is 18.0 Å². The maximum Gasteiger partial charge on any atom is 0.196 e. The van der Waals surface area contributed by atoms with Crippen LogP contribution in [0.15, 0.2) is 35.0 Å². The van der Waals surface area contributed by atoms with Gasteiger partial charge in [0.1, 0.15) is 17.4 Å². The molecular formula is C17H19N3O. The fraction of sp³-hybridized carbons (Fsp3) is 0.412. The fourth-order valence-electron chi connectivity index (χ4n) is 3.42. The first-order valence-electron chi connectivity index (χ1n) is 7.77. The van der Waals surface area contributed by atoms with E-state index in [1.54, 1.807) is 6.33 Å². The Morgan fingerprint density at radius 3 is 3.05 bits per heavy atom. The van der Waals surface area contributed by atoms with Crippen LogP contribution in [0.4, 0.5) is 5.82 Å². The Morgan fingerprint density at radius 2 is 2.14 bits per heavy atom. The molecule has 1 fully saturated rings. The number of fused-ring (bicyclic) bond motifs is 3. The van der Waals surface area contributed by atoms with E-state index in [-0.39, 0.29) is 0 Å². The summed E-state index contributed by atoms with van der Waals surface area (Å²) in [6.45, 7) is 3.31. The Morgan fingerprint density at radius 1 is 1.24 bits per heavy atom. The van der Waals surface area contributed by atoms with Crippen LogP contribution in [0, 0.1) is 0 Å². The Bertz CT molecular complexity index is 780. The van der Waals surface area contributed by atoms with Gasteiger partial charge < -0.3 is 9.32 Å². The number of furan rings is 1. The average Bonchev–Trinajstić information content (AvgIpc) is 2.93. The molecule has 1 aliphatic rings. The zero-order valence-electron chi connectivity index (χ0n) is 12.2. The summed E-state index contributed by atoms with van der Waals surface area (Å²) in [5.41, 5.74) is 2.65. The molecular weight excluding hydrogens is 262 g/mol. The number of nitrogens with zero attached hydrogens (tertiary/aromatic N) is 3. The Hall–Kier alpha value is -2.10. The summed E-state index contributed by atoms with van der Waals surface area (Å²) in [7, 11) is 0. The van der Waals surface area contributed by atoms with Crippen LogP contribution >= 0.6 is 0 Å². The molecule has 1 aromatic carbocycles. The van der Waals surface area contributed by atoms with Crippen LogP contribution in [0.5, 0.6) is 0 Å². The van der Waals surface area contributed by atoms with Gasteiger partial charge >= 0.3 is 0 Å². The second-order valence-corrected chi connectivity index (χ2v) is 5.72. The molecule has 0 bridgehead atoms. The standard InChI is InChI=1S/C17H19N3O/c1-2-12-7-5-6-10-20(12)17-16-15(18-11-19-17)13-8-3-4-9-14(13)21-16/h3-4,8-9,11-12H,2,5-7,10H2,1H3/t12-/m0/s1. The highest BCUT2D eigenvalue weighted by Gasteiger charge is 2.25. The Labute approximate surface area is 123 Å². The predicted octanol–water partition coefficient (Wildman–Crippen LogP) is 4.14. The van der Waals surface area contributed by atoms with Crippen LogP contribution in [0.3, 0.4) is 0 Å². The first-order chi connectivity index (χ1) is 10.4. The average molecular weight is 281 g/mol. The van der Waals surface area contributed by atoms with Gasteiger partial charge in [0.2, 0.25) is 0 Å². The molecule has 1 saturated heterocycles. The Balaban J connectivity index is 1.92. The van der Waals surface area contributed by atoms with E-state index in [9.17, 15) is 0 Å². The minimum atomic E-state index is 0.560. The molecule has 21 heavy (non-hydrogen) atoms. The Kier molecular flexibility index (Phi) is 3.02. The number of aromatic nitrogens is 2. The summed E-state index contributed by atoms with van der Waals surface area (Å²) < 4.78 is 6.06. The molecule has 3 aromatic rings. The molecule has 4 rings (SSSR count). The van der Waals surface area contributed by atoms with Gasteiger partial charge in [0.25, 0.3) is 0 Å². The highest BCUT2D eigenvalue weighted by atomic mass is 16.3. The van der Waals surface area contributed by atoms with Crippen LogP contribution in [-0.2, 0) is 0 Å². The number of rotatable bonds is 2. The SMILES string of the molecule is CC[C@H]1CCCCN1c1ncnc2c1oc1ccccc12. The first kappa shape index (κ1) is 12.6. The zero-order chi connectivity index (χ0) is 14.2.